The van der Waals surface area contributed by atoms with E-state index in [-0.39, 0.29) is 0 Å². The highest BCUT2D eigenvalue weighted by Gasteiger charge is 2.16. The molecule has 1 nitrogen and oxygen atoms in total. The van der Waals surface area contributed by atoms with E-state index >= 15 is 0 Å². The van der Waals surface area contributed by atoms with E-state index in [9.17, 15) is 0 Å². The molecule has 1 aliphatic rings. The lowest BCUT2D eigenvalue weighted by Gasteiger charge is -2.27. The van der Waals surface area contributed by atoms with E-state index in [1.807, 2.05) is 0 Å². The zero-order valence-electron chi connectivity index (χ0n) is 10.5. The highest BCUT2D eigenvalue weighted by molar-refractivity contribution is 5.28. The molecule has 2 rings (SSSR count). The first-order valence-corrected chi connectivity index (χ1v) is 6.59. The summed E-state index contributed by atoms with van der Waals surface area (Å²) >= 11 is 0. The summed E-state index contributed by atoms with van der Waals surface area (Å²) < 4.78 is 0. The van der Waals surface area contributed by atoms with Crippen molar-refractivity contribution in [1.82, 2.24) is 5.32 Å². The van der Waals surface area contributed by atoms with E-state index in [0.717, 1.165) is 6.04 Å². The van der Waals surface area contributed by atoms with E-state index in [1.165, 1.54) is 43.2 Å². The molecule has 1 atom stereocenters. The summed E-state index contributed by atoms with van der Waals surface area (Å²) in [6, 6.07) is 9.94. The first kappa shape index (κ1) is 11.7. The van der Waals surface area contributed by atoms with Gasteiger partial charge >= 0.3 is 0 Å². The van der Waals surface area contributed by atoms with Crippen LogP contribution in [0.2, 0.25) is 0 Å². The molecular formula is C15H23N. The summed E-state index contributed by atoms with van der Waals surface area (Å²) in [4.78, 5) is 0. The van der Waals surface area contributed by atoms with Gasteiger partial charge < -0.3 is 5.32 Å². The first-order chi connectivity index (χ1) is 7.77. The molecule has 0 radical (unpaired) electrons. The van der Waals surface area contributed by atoms with Crippen LogP contribution in [0.5, 0.6) is 0 Å². The molecule has 16 heavy (non-hydrogen) atoms. The van der Waals surface area contributed by atoms with Gasteiger partial charge in [-0.05, 0) is 37.8 Å². The quantitative estimate of drug-likeness (QED) is 0.807. The highest BCUT2D eigenvalue weighted by Crippen LogP contribution is 2.22. The highest BCUT2D eigenvalue weighted by atomic mass is 14.9. The Labute approximate surface area is 99.3 Å². The van der Waals surface area contributed by atoms with Gasteiger partial charge in [0.1, 0.15) is 0 Å². The molecule has 1 N–H and O–H groups in total. The Morgan fingerprint density at radius 3 is 2.50 bits per heavy atom. The van der Waals surface area contributed by atoms with Crippen LogP contribution in [0.15, 0.2) is 24.3 Å². The molecule has 1 heteroatoms. The van der Waals surface area contributed by atoms with Gasteiger partial charge in [-0.2, -0.15) is 0 Å². The van der Waals surface area contributed by atoms with Gasteiger partial charge in [0.15, 0.2) is 0 Å². The van der Waals surface area contributed by atoms with Crippen LogP contribution < -0.4 is 5.32 Å². The van der Waals surface area contributed by atoms with Crippen molar-refractivity contribution in [1.29, 1.82) is 0 Å². The lowest BCUT2D eigenvalue weighted by atomic mass is 9.93. The van der Waals surface area contributed by atoms with E-state index in [0.29, 0.717) is 6.04 Å². The van der Waals surface area contributed by atoms with Crippen molar-refractivity contribution in [2.24, 2.45) is 0 Å². The van der Waals surface area contributed by atoms with E-state index < -0.39 is 0 Å². The number of aryl methyl sites for hydroxylation is 1. The van der Waals surface area contributed by atoms with Crippen molar-refractivity contribution >= 4 is 0 Å². The monoisotopic (exact) mass is 217 g/mol. The number of benzene rings is 1. The van der Waals surface area contributed by atoms with Crippen molar-refractivity contribution in [3.05, 3.63) is 35.4 Å². The molecule has 0 amide bonds. The van der Waals surface area contributed by atoms with Crippen molar-refractivity contribution in [3.63, 3.8) is 0 Å². The third-order valence-electron chi connectivity index (χ3n) is 3.75. The Hall–Kier alpha value is -0.820. The van der Waals surface area contributed by atoms with Gasteiger partial charge in [-0.15, -0.1) is 0 Å². The van der Waals surface area contributed by atoms with Crippen molar-refractivity contribution in [2.75, 3.05) is 0 Å². The van der Waals surface area contributed by atoms with Crippen LogP contribution in [0.3, 0.4) is 0 Å². The number of nitrogens with one attached hydrogen (secondary N) is 1. The summed E-state index contributed by atoms with van der Waals surface area (Å²) in [7, 11) is 0. The van der Waals surface area contributed by atoms with E-state index in [2.05, 4.69) is 43.4 Å². The van der Waals surface area contributed by atoms with Gasteiger partial charge in [0, 0.05) is 12.1 Å². The maximum absolute atomic E-state index is 3.78. The van der Waals surface area contributed by atoms with Gasteiger partial charge in [0.2, 0.25) is 0 Å². The molecule has 0 aromatic heterocycles. The van der Waals surface area contributed by atoms with Crippen LogP contribution in [-0.4, -0.2) is 6.04 Å². The van der Waals surface area contributed by atoms with Crippen molar-refractivity contribution < 1.29 is 0 Å². The van der Waals surface area contributed by atoms with E-state index in [1.54, 1.807) is 0 Å². The molecule has 0 aliphatic heterocycles. The SMILES string of the molecule is Cc1ccccc1C(C)NC1CCCCC1. The minimum Gasteiger partial charge on any atom is -0.307 e. The number of rotatable bonds is 3. The molecule has 0 spiro atoms. The van der Waals surface area contributed by atoms with Gasteiger partial charge in [-0.25, -0.2) is 0 Å². The predicted octanol–water partition coefficient (Wildman–Crippen LogP) is 3.98. The van der Waals surface area contributed by atoms with E-state index in [4.69, 9.17) is 0 Å². The lowest BCUT2D eigenvalue weighted by molar-refractivity contribution is 0.346. The molecule has 0 bridgehead atoms. The second kappa shape index (κ2) is 5.49. The summed E-state index contributed by atoms with van der Waals surface area (Å²) in [6.45, 7) is 4.49. The number of hydrogen-bond acceptors (Lipinski definition) is 1. The topological polar surface area (TPSA) is 12.0 Å². The molecule has 88 valence electrons. The Balaban J connectivity index is 1.96. The molecular weight excluding hydrogens is 194 g/mol. The molecule has 1 aromatic rings. The third kappa shape index (κ3) is 2.85. The maximum Gasteiger partial charge on any atom is 0.0296 e. The molecule has 1 aromatic carbocycles. The number of hydrogen-bond donors (Lipinski definition) is 1. The Morgan fingerprint density at radius 1 is 1.12 bits per heavy atom. The van der Waals surface area contributed by atoms with Crippen LogP contribution in [0.4, 0.5) is 0 Å². The fourth-order valence-electron chi connectivity index (χ4n) is 2.79. The molecule has 1 fully saturated rings. The van der Waals surface area contributed by atoms with Gasteiger partial charge in [-0.3, -0.25) is 0 Å². The predicted molar refractivity (Wildman–Crippen MR) is 69.6 cm³/mol. The summed E-state index contributed by atoms with van der Waals surface area (Å²) in [5.74, 6) is 0. The Morgan fingerprint density at radius 2 is 1.81 bits per heavy atom. The third-order valence-corrected chi connectivity index (χ3v) is 3.75. The average Bonchev–Trinajstić information content (AvgIpc) is 2.31. The fourth-order valence-corrected chi connectivity index (χ4v) is 2.79. The van der Waals surface area contributed by atoms with Gasteiger partial charge in [0.25, 0.3) is 0 Å². The molecule has 1 saturated carbocycles. The van der Waals surface area contributed by atoms with Gasteiger partial charge in [-0.1, -0.05) is 43.5 Å². The smallest absolute Gasteiger partial charge is 0.0296 e. The molecule has 1 unspecified atom stereocenters. The maximum atomic E-state index is 3.78. The molecule has 0 saturated heterocycles. The second-order valence-electron chi connectivity index (χ2n) is 5.08. The Kier molecular flexibility index (Phi) is 4.00. The fraction of sp³-hybridized carbons (Fsp3) is 0.600. The zero-order chi connectivity index (χ0) is 11.4. The van der Waals surface area contributed by atoms with Crippen LogP contribution in [-0.2, 0) is 0 Å². The van der Waals surface area contributed by atoms with Crippen LogP contribution in [0.25, 0.3) is 0 Å². The normalized spacial score (nSPS) is 19.6. The summed E-state index contributed by atoms with van der Waals surface area (Å²) in [5.41, 5.74) is 2.85. The first-order valence-electron chi connectivity index (χ1n) is 6.59. The standard InChI is InChI=1S/C15H23N/c1-12-8-6-7-11-15(12)13(2)16-14-9-4-3-5-10-14/h6-8,11,13-14,16H,3-5,9-10H2,1-2H3. The zero-order valence-corrected chi connectivity index (χ0v) is 10.5. The minimum absolute atomic E-state index is 0.490. The van der Waals surface area contributed by atoms with Crippen LogP contribution in [0, 0.1) is 6.92 Å². The van der Waals surface area contributed by atoms with Crippen molar-refractivity contribution in [2.45, 2.75) is 58.0 Å². The van der Waals surface area contributed by atoms with Crippen molar-refractivity contribution in [3.8, 4) is 0 Å². The van der Waals surface area contributed by atoms with Gasteiger partial charge in [0.05, 0.1) is 0 Å². The second-order valence-corrected chi connectivity index (χ2v) is 5.08. The van der Waals surface area contributed by atoms with Crippen LogP contribution in [0.1, 0.15) is 56.2 Å². The van der Waals surface area contributed by atoms with Crippen LogP contribution >= 0.6 is 0 Å². The molecule has 1 aliphatic carbocycles. The Bertz CT molecular complexity index is 326. The lowest BCUT2D eigenvalue weighted by Crippen LogP contribution is -2.33. The molecule has 0 heterocycles. The largest absolute Gasteiger partial charge is 0.307 e. The average molecular weight is 217 g/mol. The summed E-state index contributed by atoms with van der Waals surface area (Å²) in [5, 5.41) is 3.78. The minimum atomic E-state index is 0.490. The summed E-state index contributed by atoms with van der Waals surface area (Å²) in [6.07, 6.45) is 6.94.